The average molecular weight is 461 g/mol. The number of rotatable bonds is 21. The first-order valence-electron chi connectivity index (χ1n) is 13.5. The molecule has 0 amide bonds. The van der Waals surface area contributed by atoms with E-state index in [0.717, 1.165) is 24.0 Å². The lowest BCUT2D eigenvalue weighted by atomic mass is 10.0. The van der Waals surface area contributed by atoms with Gasteiger partial charge in [-0.05, 0) is 24.5 Å². The van der Waals surface area contributed by atoms with Gasteiger partial charge < -0.3 is 9.47 Å². The number of hydrogen-bond donors (Lipinski definition) is 0. The standard InChI is InChI=1S/C29H48O4/c1-3-4-5-6-7-8-9-10-11-12-13-14-15-16-19-24-32-28(30)22-23-29(31)33-25-27-21-18-17-20-26(27)2/h17-18,20-21H,3-16,19,22-25H2,1-2H3. The van der Waals surface area contributed by atoms with Crippen LogP contribution in [0.4, 0.5) is 0 Å². The third-order valence-corrected chi connectivity index (χ3v) is 6.19. The number of aryl methyl sites for hydroxylation is 1. The molecule has 0 spiro atoms. The summed E-state index contributed by atoms with van der Waals surface area (Å²) < 4.78 is 10.5. The van der Waals surface area contributed by atoms with Crippen molar-refractivity contribution >= 4 is 11.9 Å². The van der Waals surface area contributed by atoms with E-state index >= 15 is 0 Å². The Kier molecular flexibility index (Phi) is 18.4. The topological polar surface area (TPSA) is 52.6 Å². The molecule has 0 unspecified atom stereocenters. The summed E-state index contributed by atoms with van der Waals surface area (Å²) in [6, 6.07) is 7.80. The molecule has 0 heterocycles. The first kappa shape index (κ1) is 29.2. The van der Waals surface area contributed by atoms with Crippen LogP contribution in [0.3, 0.4) is 0 Å². The second-order valence-electron chi connectivity index (χ2n) is 9.26. The lowest BCUT2D eigenvalue weighted by Gasteiger charge is -2.08. The fourth-order valence-corrected chi connectivity index (χ4v) is 3.94. The molecule has 0 aromatic heterocycles. The summed E-state index contributed by atoms with van der Waals surface area (Å²) in [6.45, 7) is 4.96. The minimum Gasteiger partial charge on any atom is -0.466 e. The number of hydrogen-bond acceptors (Lipinski definition) is 4. The summed E-state index contributed by atoms with van der Waals surface area (Å²) in [4.78, 5) is 23.6. The highest BCUT2D eigenvalue weighted by Crippen LogP contribution is 2.13. The highest BCUT2D eigenvalue weighted by molar-refractivity contribution is 5.77. The zero-order chi connectivity index (χ0) is 24.0. The van der Waals surface area contributed by atoms with E-state index < -0.39 is 0 Å². The van der Waals surface area contributed by atoms with Gasteiger partial charge in [0.15, 0.2) is 0 Å². The highest BCUT2D eigenvalue weighted by Gasteiger charge is 2.10. The maximum Gasteiger partial charge on any atom is 0.306 e. The zero-order valence-corrected chi connectivity index (χ0v) is 21.4. The molecule has 0 saturated carbocycles. The zero-order valence-electron chi connectivity index (χ0n) is 21.4. The van der Waals surface area contributed by atoms with Crippen molar-refractivity contribution in [3.63, 3.8) is 0 Å². The minimum atomic E-state index is -0.359. The van der Waals surface area contributed by atoms with Crippen LogP contribution in [0.1, 0.15) is 127 Å². The van der Waals surface area contributed by atoms with Crippen molar-refractivity contribution in [1.82, 2.24) is 0 Å². The van der Waals surface area contributed by atoms with E-state index in [0.29, 0.717) is 6.61 Å². The number of carbonyl (C=O) groups is 2. The lowest BCUT2D eigenvalue weighted by Crippen LogP contribution is -2.11. The summed E-state index contributed by atoms with van der Waals surface area (Å²) in [5.74, 6) is -0.671. The second kappa shape index (κ2) is 20.7. The molecule has 0 N–H and O–H groups in total. The molecule has 4 nitrogen and oxygen atoms in total. The molecule has 0 fully saturated rings. The number of benzene rings is 1. The molecular formula is C29H48O4. The summed E-state index contributed by atoms with van der Waals surface area (Å²) in [5, 5.41) is 0. The van der Waals surface area contributed by atoms with Crippen molar-refractivity contribution in [2.45, 2.75) is 130 Å². The van der Waals surface area contributed by atoms with Crippen molar-refractivity contribution in [2.75, 3.05) is 6.61 Å². The minimum absolute atomic E-state index is 0.0730. The predicted molar refractivity (Wildman–Crippen MR) is 136 cm³/mol. The Labute approximate surface area is 202 Å². The molecule has 33 heavy (non-hydrogen) atoms. The molecule has 1 rings (SSSR count). The van der Waals surface area contributed by atoms with Gasteiger partial charge in [-0.15, -0.1) is 0 Å². The molecule has 0 radical (unpaired) electrons. The predicted octanol–water partition coefficient (Wildman–Crippen LogP) is 8.23. The van der Waals surface area contributed by atoms with Crippen LogP contribution in [-0.2, 0) is 25.7 Å². The Balaban J connectivity index is 1.84. The number of esters is 2. The summed E-state index contributed by atoms with van der Waals surface area (Å²) in [6.07, 6.45) is 19.9. The fraction of sp³-hybridized carbons (Fsp3) is 0.724. The third kappa shape index (κ3) is 17.3. The Hall–Kier alpha value is -1.84. The molecule has 0 bridgehead atoms. The monoisotopic (exact) mass is 460 g/mol. The van der Waals surface area contributed by atoms with Crippen LogP contribution >= 0.6 is 0 Å². The first-order chi connectivity index (χ1) is 16.1. The van der Waals surface area contributed by atoms with Crippen molar-refractivity contribution in [3.8, 4) is 0 Å². The maximum absolute atomic E-state index is 11.8. The van der Waals surface area contributed by atoms with Crippen LogP contribution in [0, 0.1) is 6.92 Å². The van der Waals surface area contributed by atoms with E-state index in [1.165, 1.54) is 83.5 Å². The van der Waals surface area contributed by atoms with E-state index in [9.17, 15) is 9.59 Å². The summed E-state index contributed by atoms with van der Waals surface area (Å²) >= 11 is 0. The molecule has 0 saturated heterocycles. The van der Waals surface area contributed by atoms with Gasteiger partial charge >= 0.3 is 11.9 Å². The van der Waals surface area contributed by atoms with Gasteiger partial charge in [0.05, 0.1) is 19.4 Å². The van der Waals surface area contributed by atoms with E-state index in [1.54, 1.807) is 0 Å². The Bertz CT molecular complexity index is 626. The Morgan fingerprint density at radius 3 is 1.61 bits per heavy atom. The van der Waals surface area contributed by atoms with Gasteiger partial charge in [-0.2, -0.15) is 0 Å². The molecule has 0 aliphatic heterocycles. The second-order valence-corrected chi connectivity index (χ2v) is 9.26. The van der Waals surface area contributed by atoms with Gasteiger partial charge in [0, 0.05) is 0 Å². The largest absolute Gasteiger partial charge is 0.466 e. The quantitative estimate of drug-likeness (QED) is 0.137. The third-order valence-electron chi connectivity index (χ3n) is 6.19. The number of ether oxygens (including phenoxy) is 2. The van der Waals surface area contributed by atoms with Crippen LogP contribution in [-0.4, -0.2) is 18.5 Å². The van der Waals surface area contributed by atoms with E-state index in [1.807, 2.05) is 31.2 Å². The average Bonchev–Trinajstić information content (AvgIpc) is 2.82. The molecule has 188 valence electrons. The van der Waals surface area contributed by atoms with Crippen molar-refractivity contribution < 1.29 is 19.1 Å². The Morgan fingerprint density at radius 1 is 0.636 bits per heavy atom. The van der Waals surface area contributed by atoms with Crippen LogP contribution in [0.25, 0.3) is 0 Å². The summed E-state index contributed by atoms with van der Waals surface area (Å²) in [7, 11) is 0. The van der Waals surface area contributed by atoms with Crippen molar-refractivity contribution in [1.29, 1.82) is 0 Å². The molecule has 0 aliphatic rings. The molecule has 1 aromatic carbocycles. The SMILES string of the molecule is CCCCCCCCCCCCCCCCCOC(=O)CCC(=O)OCc1ccccc1C. The van der Waals surface area contributed by atoms with Crippen molar-refractivity contribution in [2.24, 2.45) is 0 Å². The van der Waals surface area contributed by atoms with Gasteiger partial charge in [-0.1, -0.05) is 121 Å². The van der Waals surface area contributed by atoms with Crippen LogP contribution in [0.2, 0.25) is 0 Å². The lowest BCUT2D eigenvalue weighted by molar-refractivity contribution is -0.151. The van der Waals surface area contributed by atoms with Crippen LogP contribution in [0.15, 0.2) is 24.3 Å². The molecular weight excluding hydrogens is 412 g/mol. The van der Waals surface area contributed by atoms with Gasteiger partial charge in [-0.3, -0.25) is 9.59 Å². The van der Waals surface area contributed by atoms with Crippen molar-refractivity contribution in [3.05, 3.63) is 35.4 Å². The molecule has 1 aromatic rings. The van der Waals surface area contributed by atoms with Crippen LogP contribution in [0.5, 0.6) is 0 Å². The fourth-order valence-electron chi connectivity index (χ4n) is 3.94. The first-order valence-corrected chi connectivity index (χ1v) is 13.5. The van der Waals surface area contributed by atoms with E-state index in [-0.39, 0.29) is 31.4 Å². The van der Waals surface area contributed by atoms with Gasteiger partial charge in [0.1, 0.15) is 6.61 Å². The van der Waals surface area contributed by atoms with Crippen LogP contribution < -0.4 is 0 Å². The van der Waals surface area contributed by atoms with Gasteiger partial charge in [0.25, 0.3) is 0 Å². The molecule has 4 heteroatoms. The summed E-state index contributed by atoms with van der Waals surface area (Å²) in [5.41, 5.74) is 2.08. The number of unbranched alkanes of at least 4 members (excludes halogenated alkanes) is 14. The smallest absolute Gasteiger partial charge is 0.306 e. The van der Waals surface area contributed by atoms with E-state index in [2.05, 4.69) is 6.92 Å². The van der Waals surface area contributed by atoms with Gasteiger partial charge in [-0.25, -0.2) is 0 Å². The molecule has 0 aliphatic carbocycles. The number of carbonyl (C=O) groups excluding carboxylic acids is 2. The molecule has 0 atom stereocenters. The Morgan fingerprint density at radius 2 is 1.09 bits per heavy atom. The van der Waals surface area contributed by atoms with E-state index in [4.69, 9.17) is 9.47 Å². The van der Waals surface area contributed by atoms with Gasteiger partial charge in [0.2, 0.25) is 0 Å². The normalized spacial score (nSPS) is 10.8. The highest BCUT2D eigenvalue weighted by atomic mass is 16.5. The maximum atomic E-state index is 11.8.